The Bertz CT molecular complexity index is 3550. The average Bonchev–Trinajstić information content (AvgIpc) is 3.91. The minimum absolute atomic E-state index is 0.896. The first kappa shape index (κ1) is 36.5. The van der Waals surface area contributed by atoms with Crippen molar-refractivity contribution in [2.45, 2.75) is 0 Å². The van der Waals surface area contributed by atoms with Crippen LogP contribution in [0.25, 0.3) is 93.9 Å². The van der Waals surface area contributed by atoms with Gasteiger partial charge >= 0.3 is 0 Å². The van der Waals surface area contributed by atoms with Crippen LogP contribution in [0, 0.1) is 0 Å². The summed E-state index contributed by atoms with van der Waals surface area (Å²) in [5.41, 5.74) is 17.7. The number of nitrogens with zero attached hydrogens (tertiary/aromatic N) is 2. The first-order valence-corrected chi connectivity index (χ1v) is 21.5. The molecule has 0 saturated heterocycles. The highest BCUT2D eigenvalue weighted by Crippen LogP contribution is 2.43. The number of rotatable bonds is 8. The molecule has 2 aromatic heterocycles. The minimum Gasteiger partial charge on any atom is -0.455 e. The molecule has 0 atom stereocenters. The van der Waals surface area contributed by atoms with Crippen LogP contribution in [-0.2, 0) is 0 Å². The molecule has 2 heterocycles. The predicted octanol–water partition coefficient (Wildman–Crippen LogP) is 16.8. The molecular weight excluding hydrogens is 765 g/mol. The van der Waals surface area contributed by atoms with Crippen LogP contribution in [0.1, 0.15) is 0 Å². The molecule has 3 nitrogen and oxygen atoms in total. The van der Waals surface area contributed by atoms with Gasteiger partial charge in [0.05, 0.1) is 16.7 Å². The highest BCUT2D eigenvalue weighted by atomic mass is 16.3. The van der Waals surface area contributed by atoms with Crippen molar-refractivity contribution < 1.29 is 4.42 Å². The van der Waals surface area contributed by atoms with Crippen LogP contribution in [0.5, 0.6) is 0 Å². The lowest BCUT2D eigenvalue weighted by Gasteiger charge is -2.26. The van der Waals surface area contributed by atoms with E-state index in [1.807, 2.05) is 12.1 Å². The maximum atomic E-state index is 6.52. The molecule has 63 heavy (non-hydrogen) atoms. The Hall–Kier alpha value is -8.40. The molecule has 0 amide bonds. The predicted molar refractivity (Wildman–Crippen MR) is 264 cm³/mol. The van der Waals surface area contributed by atoms with Crippen LogP contribution in [-0.4, -0.2) is 4.57 Å². The molecule has 0 unspecified atom stereocenters. The van der Waals surface area contributed by atoms with Crippen molar-refractivity contribution in [3.05, 3.63) is 243 Å². The molecule has 0 bridgehead atoms. The Balaban J connectivity index is 1.00. The number of anilines is 3. The van der Waals surface area contributed by atoms with Gasteiger partial charge in [-0.05, 0) is 94.0 Å². The fourth-order valence-electron chi connectivity index (χ4n) is 9.41. The van der Waals surface area contributed by atoms with E-state index in [2.05, 4.69) is 240 Å². The first-order chi connectivity index (χ1) is 31.2. The maximum Gasteiger partial charge on any atom is 0.143 e. The van der Waals surface area contributed by atoms with E-state index in [-0.39, 0.29) is 0 Å². The second-order valence-electron chi connectivity index (χ2n) is 16.1. The van der Waals surface area contributed by atoms with Crippen LogP contribution in [0.3, 0.4) is 0 Å². The summed E-state index contributed by atoms with van der Waals surface area (Å²) in [5, 5.41) is 4.73. The van der Waals surface area contributed by atoms with Gasteiger partial charge in [0, 0.05) is 49.7 Å². The molecule has 0 saturated carbocycles. The molecular formula is C60H40N2O. The van der Waals surface area contributed by atoms with Crippen molar-refractivity contribution in [2.75, 3.05) is 4.90 Å². The number of benzene rings is 10. The van der Waals surface area contributed by atoms with Crippen molar-refractivity contribution >= 4 is 60.8 Å². The van der Waals surface area contributed by atoms with Crippen molar-refractivity contribution in [2.24, 2.45) is 0 Å². The second kappa shape index (κ2) is 15.3. The molecule has 12 aromatic rings. The van der Waals surface area contributed by atoms with Gasteiger partial charge in [-0.3, -0.25) is 0 Å². The van der Waals surface area contributed by atoms with E-state index in [0.29, 0.717) is 0 Å². The lowest BCUT2D eigenvalue weighted by molar-refractivity contribution is 0.670. The van der Waals surface area contributed by atoms with E-state index in [9.17, 15) is 0 Å². The molecule has 12 rings (SSSR count). The van der Waals surface area contributed by atoms with Crippen molar-refractivity contribution in [3.8, 4) is 50.2 Å². The fraction of sp³-hybridized carbons (Fsp3) is 0. The third kappa shape index (κ3) is 6.38. The topological polar surface area (TPSA) is 21.3 Å². The van der Waals surface area contributed by atoms with Crippen molar-refractivity contribution in [3.63, 3.8) is 0 Å². The van der Waals surface area contributed by atoms with Gasteiger partial charge in [0.25, 0.3) is 0 Å². The number of hydrogen-bond acceptors (Lipinski definition) is 2. The summed E-state index contributed by atoms with van der Waals surface area (Å²) >= 11 is 0. The molecule has 3 heteroatoms. The number of furan rings is 1. The van der Waals surface area contributed by atoms with Gasteiger partial charge in [-0.1, -0.05) is 182 Å². The highest BCUT2D eigenvalue weighted by Gasteiger charge is 2.20. The maximum absolute atomic E-state index is 6.52. The summed E-state index contributed by atoms with van der Waals surface area (Å²) in [5.74, 6) is 0. The van der Waals surface area contributed by atoms with Crippen molar-refractivity contribution in [1.82, 2.24) is 4.57 Å². The van der Waals surface area contributed by atoms with Crippen LogP contribution in [0.4, 0.5) is 17.1 Å². The van der Waals surface area contributed by atoms with Crippen LogP contribution in [0.2, 0.25) is 0 Å². The van der Waals surface area contributed by atoms with Gasteiger partial charge in [0.15, 0.2) is 0 Å². The zero-order valence-electron chi connectivity index (χ0n) is 34.4. The summed E-state index contributed by atoms with van der Waals surface area (Å²) in [6, 6.07) is 87.1. The molecule has 10 aromatic carbocycles. The molecule has 0 aliphatic heterocycles. The van der Waals surface area contributed by atoms with Gasteiger partial charge in [0.2, 0.25) is 0 Å². The average molecular weight is 805 g/mol. The first-order valence-electron chi connectivity index (χ1n) is 21.5. The number of hydrogen-bond donors (Lipinski definition) is 0. The van der Waals surface area contributed by atoms with Gasteiger partial charge in [-0.15, -0.1) is 0 Å². The number of fused-ring (bicyclic) bond motifs is 6. The lowest BCUT2D eigenvalue weighted by Crippen LogP contribution is -2.10. The quantitative estimate of drug-likeness (QED) is 0.153. The molecule has 0 aliphatic carbocycles. The zero-order valence-corrected chi connectivity index (χ0v) is 34.4. The van der Waals surface area contributed by atoms with E-state index >= 15 is 0 Å². The van der Waals surface area contributed by atoms with Crippen LogP contribution < -0.4 is 4.90 Å². The molecule has 296 valence electrons. The molecule has 0 aliphatic rings. The fourth-order valence-corrected chi connectivity index (χ4v) is 9.41. The molecule has 0 fully saturated rings. The van der Waals surface area contributed by atoms with Gasteiger partial charge < -0.3 is 13.9 Å². The van der Waals surface area contributed by atoms with E-state index < -0.39 is 0 Å². The summed E-state index contributed by atoms with van der Waals surface area (Å²) < 4.78 is 8.96. The minimum atomic E-state index is 0.896. The molecule has 0 radical (unpaired) electrons. The Labute approximate surface area is 366 Å². The SMILES string of the molecule is c1ccc(-c2ccc(N(c3ccc(-c4ccc(-c5ccccc5)cc4-n4c5ccccc5c5ccccc54)cc3)c3cccc(-c4cccc5c4oc4ccccc45)c3)cc2)cc1. The Morgan fingerprint density at radius 3 is 1.49 bits per heavy atom. The van der Waals surface area contributed by atoms with Gasteiger partial charge in [0.1, 0.15) is 11.2 Å². The number of para-hydroxylation sites is 4. The third-order valence-corrected chi connectivity index (χ3v) is 12.4. The second-order valence-corrected chi connectivity index (χ2v) is 16.1. The van der Waals surface area contributed by atoms with E-state index in [0.717, 1.165) is 66.9 Å². The standard InChI is InChI=1S/C60H40N2O/c1-3-15-41(16-4-1)43-29-34-47(35-30-43)61(49-20-13-19-46(39-49)51-24-14-25-55-54-23-9-12-28-59(54)63-60(51)55)48-36-31-44(32-37-48)50-38-33-45(42-17-5-2-6-18-42)40-58(50)62-56-26-10-7-21-52(56)53-22-8-11-27-57(53)62/h1-40H. The molecule has 0 spiro atoms. The summed E-state index contributed by atoms with van der Waals surface area (Å²) in [6.45, 7) is 0. The van der Waals surface area contributed by atoms with E-state index in [1.54, 1.807) is 0 Å². The zero-order chi connectivity index (χ0) is 41.7. The van der Waals surface area contributed by atoms with Crippen molar-refractivity contribution in [1.29, 1.82) is 0 Å². The lowest BCUT2D eigenvalue weighted by atomic mass is 9.97. The van der Waals surface area contributed by atoms with Crippen LogP contribution in [0.15, 0.2) is 247 Å². The largest absolute Gasteiger partial charge is 0.455 e. The van der Waals surface area contributed by atoms with E-state index in [4.69, 9.17) is 4.42 Å². The van der Waals surface area contributed by atoms with E-state index in [1.165, 1.54) is 44.1 Å². The Morgan fingerprint density at radius 1 is 0.302 bits per heavy atom. The van der Waals surface area contributed by atoms with Gasteiger partial charge in [-0.2, -0.15) is 0 Å². The Kier molecular flexibility index (Phi) is 8.83. The number of aromatic nitrogens is 1. The van der Waals surface area contributed by atoms with Crippen LogP contribution >= 0.6 is 0 Å². The van der Waals surface area contributed by atoms with Gasteiger partial charge in [-0.25, -0.2) is 0 Å². The normalized spacial score (nSPS) is 11.5. The summed E-state index contributed by atoms with van der Waals surface area (Å²) in [4.78, 5) is 2.35. The highest BCUT2D eigenvalue weighted by molar-refractivity contribution is 6.11. The third-order valence-electron chi connectivity index (χ3n) is 12.4. The summed E-state index contributed by atoms with van der Waals surface area (Å²) in [7, 11) is 0. The smallest absolute Gasteiger partial charge is 0.143 e. The summed E-state index contributed by atoms with van der Waals surface area (Å²) in [6.07, 6.45) is 0. The monoisotopic (exact) mass is 804 g/mol. The molecule has 0 N–H and O–H groups in total. The Morgan fingerprint density at radius 2 is 0.810 bits per heavy atom.